The Morgan fingerprint density at radius 3 is 2.56 bits per heavy atom. The third-order valence-corrected chi connectivity index (χ3v) is 3.87. The molecule has 0 aliphatic rings. The van der Waals surface area contributed by atoms with Gasteiger partial charge in [0, 0.05) is 7.05 Å². The van der Waals surface area contributed by atoms with Crippen LogP contribution in [0.15, 0.2) is 22.7 Å². The van der Waals surface area contributed by atoms with Crippen molar-refractivity contribution in [1.82, 2.24) is 9.78 Å². The van der Waals surface area contributed by atoms with Crippen molar-refractivity contribution in [2.75, 3.05) is 12.4 Å². The Kier molecular flexibility index (Phi) is 5.02. The lowest BCUT2D eigenvalue weighted by Crippen LogP contribution is -2.14. The second-order valence-electron chi connectivity index (χ2n) is 4.73. The van der Waals surface area contributed by atoms with Crippen molar-refractivity contribution in [1.29, 1.82) is 0 Å². The lowest BCUT2D eigenvalue weighted by molar-refractivity contribution is -0.384. The molecule has 0 spiro atoms. The highest BCUT2D eigenvalue weighted by Gasteiger charge is 2.39. The minimum absolute atomic E-state index is 0.183. The van der Waals surface area contributed by atoms with E-state index in [0.717, 1.165) is 13.1 Å². The highest BCUT2D eigenvalue weighted by molar-refractivity contribution is 9.10. The molecule has 0 saturated carbocycles. The van der Waals surface area contributed by atoms with Crippen molar-refractivity contribution < 1.29 is 27.6 Å². The van der Waals surface area contributed by atoms with Crippen LogP contribution in [0.4, 0.5) is 24.5 Å². The Morgan fingerprint density at radius 2 is 2.08 bits per heavy atom. The van der Waals surface area contributed by atoms with Crippen LogP contribution in [0.5, 0.6) is 5.75 Å². The fraction of sp³-hybridized carbons (Fsp3) is 0.231. The number of amides is 1. The molecule has 2 rings (SSSR count). The normalized spacial score (nSPS) is 11.3. The fourth-order valence-corrected chi connectivity index (χ4v) is 2.77. The smallest absolute Gasteiger partial charge is 0.434 e. The molecule has 0 radical (unpaired) electrons. The second kappa shape index (κ2) is 6.70. The first-order valence-electron chi connectivity index (χ1n) is 6.49. The van der Waals surface area contributed by atoms with Crippen LogP contribution < -0.4 is 10.1 Å². The fourth-order valence-electron chi connectivity index (χ4n) is 2.03. The first-order chi connectivity index (χ1) is 11.6. The number of nitrogens with zero attached hydrogens (tertiary/aromatic N) is 3. The van der Waals surface area contributed by atoms with E-state index < -0.39 is 38.6 Å². The zero-order valence-corrected chi connectivity index (χ0v) is 14.3. The van der Waals surface area contributed by atoms with Gasteiger partial charge in [0.1, 0.15) is 11.4 Å². The molecule has 134 valence electrons. The van der Waals surface area contributed by atoms with Crippen molar-refractivity contribution in [2.45, 2.75) is 6.18 Å². The number of carbonyl (C=O) groups excluding carboxylic acids is 1. The maximum absolute atomic E-state index is 12.9. The van der Waals surface area contributed by atoms with Gasteiger partial charge in [0.2, 0.25) is 0 Å². The number of methoxy groups -OCH3 is 1. The van der Waals surface area contributed by atoms with E-state index in [9.17, 15) is 28.1 Å². The number of benzene rings is 1. The monoisotopic (exact) mass is 422 g/mol. The van der Waals surface area contributed by atoms with Gasteiger partial charge in [-0.2, -0.15) is 18.3 Å². The van der Waals surface area contributed by atoms with Crippen LogP contribution in [0.25, 0.3) is 0 Å². The topological polar surface area (TPSA) is 99.3 Å². The molecular weight excluding hydrogens is 413 g/mol. The molecule has 25 heavy (non-hydrogen) atoms. The van der Waals surface area contributed by atoms with Gasteiger partial charge in [0.15, 0.2) is 11.4 Å². The Morgan fingerprint density at radius 1 is 1.44 bits per heavy atom. The maximum Gasteiger partial charge on any atom is 0.434 e. The molecule has 8 nitrogen and oxygen atoms in total. The van der Waals surface area contributed by atoms with Crippen LogP contribution in [0.2, 0.25) is 0 Å². The van der Waals surface area contributed by atoms with Gasteiger partial charge >= 0.3 is 6.18 Å². The summed E-state index contributed by atoms with van der Waals surface area (Å²) >= 11 is 2.70. The molecule has 0 saturated heterocycles. The predicted octanol–water partition coefficient (Wildman–Crippen LogP) is 3.37. The first-order valence-corrected chi connectivity index (χ1v) is 7.29. The van der Waals surface area contributed by atoms with Crippen molar-refractivity contribution in [2.24, 2.45) is 7.05 Å². The lowest BCUT2D eigenvalue weighted by atomic mass is 10.2. The molecule has 12 heteroatoms. The van der Waals surface area contributed by atoms with Gasteiger partial charge in [-0.3, -0.25) is 19.6 Å². The Bertz CT molecular complexity index is 851. The van der Waals surface area contributed by atoms with E-state index in [1.165, 1.54) is 19.2 Å². The van der Waals surface area contributed by atoms with Crippen LogP contribution >= 0.6 is 15.9 Å². The summed E-state index contributed by atoms with van der Waals surface area (Å²) in [5.41, 5.74) is -2.39. The number of nitro benzene ring substituents is 1. The van der Waals surface area contributed by atoms with Gasteiger partial charge in [-0.05, 0) is 28.1 Å². The number of rotatable bonds is 4. The number of aromatic nitrogens is 2. The average Bonchev–Trinajstić information content (AvgIpc) is 2.82. The van der Waals surface area contributed by atoms with Crippen LogP contribution in [-0.2, 0) is 13.2 Å². The highest BCUT2D eigenvalue weighted by atomic mass is 79.9. The highest BCUT2D eigenvalue weighted by Crippen LogP contribution is 2.37. The quantitative estimate of drug-likeness (QED) is 0.601. The van der Waals surface area contributed by atoms with E-state index in [1.807, 2.05) is 0 Å². The van der Waals surface area contributed by atoms with Gasteiger partial charge in [0.25, 0.3) is 11.6 Å². The Hall–Kier alpha value is -2.63. The van der Waals surface area contributed by atoms with E-state index in [0.29, 0.717) is 4.68 Å². The molecule has 0 fully saturated rings. The summed E-state index contributed by atoms with van der Waals surface area (Å²) in [5.74, 6) is -0.852. The number of hydrogen-bond donors (Lipinski definition) is 1. The molecule has 0 aliphatic heterocycles. The van der Waals surface area contributed by atoms with Crippen LogP contribution in [0.1, 0.15) is 16.2 Å². The van der Waals surface area contributed by atoms with E-state index in [4.69, 9.17) is 4.74 Å². The SMILES string of the molecule is COc1ccc(NC(=O)c2nn(C)c(C(F)(F)F)c2Br)c([N+](=O)[O-])c1. The zero-order valence-electron chi connectivity index (χ0n) is 12.7. The number of aryl methyl sites for hydroxylation is 1. The van der Waals surface area contributed by atoms with Gasteiger partial charge in [0.05, 0.1) is 22.6 Å². The van der Waals surface area contributed by atoms with E-state index in [2.05, 4.69) is 26.3 Å². The molecular formula is C13H10BrF3N4O4. The first kappa shape index (κ1) is 18.7. The van der Waals surface area contributed by atoms with Gasteiger partial charge in [-0.25, -0.2) is 0 Å². The van der Waals surface area contributed by atoms with E-state index >= 15 is 0 Å². The second-order valence-corrected chi connectivity index (χ2v) is 5.52. The summed E-state index contributed by atoms with van der Waals surface area (Å²) in [7, 11) is 2.33. The predicted molar refractivity (Wildman–Crippen MR) is 83.5 cm³/mol. The Balaban J connectivity index is 2.40. The third kappa shape index (κ3) is 3.73. The maximum atomic E-state index is 12.9. The molecule has 0 bridgehead atoms. The van der Waals surface area contributed by atoms with Gasteiger partial charge < -0.3 is 10.1 Å². The number of alkyl halides is 3. The molecule has 1 N–H and O–H groups in total. The largest absolute Gasteiger partial charge is 0.496 e. The molecule has 0 atom stereocenters. The number of ether oxygens (including phenoxy) is 1. The summed E-state index contributed by atoms with van der Waals surface area (Å²) in [6.07, 6.45) is -4.73. The average molecular weight is 423 g/mol. The number of anilines is 1. The summed E-state index contributed by atoms with van der Waals surface area (Å²) in [5, 5.41) is 16.8. The van der Waals surface area contributed by atoms with Crippen LogP contribution in [0.3, 0.4) is 0 Å². The van der Waals surface area contributed by atoms with Crippen molar-refractivity contribution >= 4 is 33.2 Å². The molecule has 1 heterocycles. The molecule has 1 aromatic heterocycles. The van der Waals surface area contributed by atoms with Crippen molar-refractivity contribution in [3.05, 3.63) is 44.2 Å². The van der Waals surface area contributed by atoms with Crippen molar-refractivity contribution in [3.63, 3.8) is 0 Å². The summed E-state index contributed by atoms with van der Waals surface area (Å²) in [6.45, 7) is 0. The molecule has 2 aromatic rings. The summed E-state index contributed by atoms with van der Waals surface area (Å²) in [6, 6.07) is 3.64. The third-order valence-electron chi connectivity index (χ3n) is 3.12. The zero-order chi connectivity index (χ0) is 18.9. The van der Waals surface area contributed by atoms with E-state index in [-0.39, 0.29) is 11.4 Å². The standard InChI is InChI=1S/C13H10BrF3N4O4/c1-20-11(13(15,16)17)9(14)10(19-20)12(22)18-7-4-3-6(25-2)5-8(7)21(23)24/h3-5H,1-2H3,(H,18,22). The Labute approximate surface area is 146 Å². The number of halogens is 4. The van der Waals surface area contributed by atoms with E-state index in [1.54, 1.807) is 0 Å². The minimum atomic E-state index is -4.73. The number of nitrogens with one attached hydrogen (secondary N) is 1. The molecule has 1 aromatic carbocycles. The minimum Gasteiger partial charge on any atom is -0.496 e. The number of hydrogen-bond acceptors (Lipinski definition) is 5. The molecule has 1 amide bonds. The summed E-state index contributed by atoms with van der Waals surface area (Å²) in [4.78, 5) is 22.5. The molecule has 0 aliphatic carbocycles. The number of carbonyl (C=O) groups is 1. The van der Waals surface area contributed by atoms with Crippen molar-refractivity contribution in [3.8, 4) is 5.75 Å². The van der Waals surface area contributed by atoms with Crippen LogP contribution in [-0.4, -0.2) is 27.7 Å². The molecule has 0 unspecified atom stereocenters. The summed E-state index contributed by atoms with van der Waals surface area (Å²) < 4.78 is 43.6. The van der Waals surface area contributed by atoms with Gasteiger partial charge in [-0.1, -0.05) is 0 Å². The van der Waals surface area contributed by atoms with Crippen LogP contribution in [0, 0.1) is 10.1 Å². The lowest BCUT2D eigenvalue weighted by Gasteiger charge is -2.07. The van der Waals surface area contributed by atoms with Gasteiger partial charge in [-0.15, -0.1) is 0 Å². The number of nitro groups is 1.